The number of nitrogens with zero attached hydrogens (tertiary/aromatic N) is 4. The van der Waals surface area contributed by atoms with Gasteiger partial charge in [-0.25, -0.2) is 9.98 Å². The molecule has 0 spiro atoms. The summed E-state index contributed by atoms with van der Waals surface area (Å²) in [5.41, 5.74) is 16.9. The molecule has 6 aromatic rings. The van der Waals surface area contributed by atoms with E-state index in [2.05, 4.69) is 263 Å². The van der Waals surface area contributed by atoms with Crippen molar-refractivity contribution in [2.75, 3.05) is 4.90 Å². The van der Waals surface area contributed by atoms with Gasteiger partial charge in [-0.1, -0.05) is 193 Å². The van der Waals surface area contributed by atoms with Crippen LogP contribution in [0.1, 0.15) is 143 Å². The van der Waals surface area contributed by atoms with Crippen molar-refractivity contribution in [2.24, 2.45) is 33.2 Å². The normalized spacial score (nSPS) is 23.0. The summed E-state index contributed by atoms with van der Waals surface area (Å²) >= 11 is 0. The van der Waals surface area contributed by atoms with Crippen LogP contribution in [0.5, 0.6) is 0 Å². The second kappa shape index (κ2) is 17.7. The van der Waals surface area contributed by atoms with Crippen molar-refractivity contribution >= 4 is 44.9 Å². The molecule has 3 aliphatic carbocycles. The van der Waals surface area contributed by atoms with Gasteiger partial charge in [0.2, 0.25) is 0 Å². The van der Waals surface area contributed by atoms with Crippen molar-refractivity contribution in [2.45, 2.75) is 137 Å². The number of hydrogen-bond acceptors (Lipinski definition) is 4. The molecule has 2 aliphatic heterocycles. The van der Waals surface area contributed by atoms with Crippen LogP contribution >= 0.6 is 0 Å². The second-order valence-corrected chi connectivity index (χ2v) is 26.3. The second-order valence-electron chi connectivity index (χ2n) is 26.3. The minimum Gasteiger partial charge on any atom is -0.348 e. The maximum atomic E-state index is 5.46. The molecule has 1 N–H and O–H groups in total. The number of anilines is 2. The highest BCUT2D eigenvalue weighted by Gasteiger charge is 2.42. The van der Waals surface area contributed by atoms with Gasteiger partial charge in [0.1, 0.15) is 11.5 Å². The molecule has 5 unspecified atom stereocenters. The number of rotatable bonds is 6. The Morgan fingerprint density at radius 3 is 1.85 bits per heavy atom. The molecule has 5 atom stereocenters. The number of aromatic nitrogens is 1. The third kappa shape index (κ3) is 8.78. The van der Waals surface area contributed by atoms with Gasteiger partial charge in [-0.2, -0.15) is 0 Å². The van der Waals surface area contributed by atoms with Crippen LogP contribution in [0.3, 0.4) is 0 Å². The molecule has 5 aliphatic rings. The molecule has 378 valence electrons. The fourth-order valence-corrected chi connectivity index (χ4v) is 12.2. The molecule has 74 heavy (non-hydrogen) atoms. The van der Waals surface area contributed by atoms with Gasteiger partial charge in [0.05, 0.1) is 16.7 Å². The molecular weight excluding hydrogens is 899 g/mol. The molecule has 11 rings (SSSR count). The van der Waals surface area contributed by atoms with E-state index in [1.165, 1.54) is 66.7 Å². The quantitative estimate of drug-likeness (QED) is 0.181. The van der Waals surface area contributed by atoms with Crippen LogP contribution in [0.4, 0.5) is 11.4 Å². The average molecular weight is 976 g/mol. The predicted molar refractivity (Wildman–Crippen MR) is 317 cm³/mol. The summed E-state index contributed by atoms with van der Waals surface area (Å²) in [4.78, 5) is 13.4. The Labute approximate surface area is 442 Å². The molecule has 0 saturated carbocycles. The van der Waals surface area contributed by atoms with Crippen molar-refractivity contribution < 1.29 is 0 Å². The SMILES string of the molecule is C=C1C=CC=CC1C1(C)N=C(c2ccc(-c3cc(N4C5=CCC(C(C)(C)C)CC5c5cc(C(C)(C)C)ccc54)ccc3-n3c4ccc(C(C)(C)C)cc4c4cc(C(C)(C)C)ccc43)cc2)N=C(C2C=CC=CC2)N1. The van der Waals surface area contributed by atoms with Crippen LogP contribution in [-0.4, -0.2) is 21.9 Å². The summed E-state index contributed by atoms with van der Waals surface area (Å²) in [7, 11) is 0. The predicted octanol–water partition coefficient (Wildman–Crippen LogP) is 17.8. The first-order valence-electron chi connectivity index (χ1n) is 27.3. The largest absolute Gasteiger partial charge is 0.348 e. The summed E-state index contributed by atoms with van der Waals surface area (Å²) in [6, 6.07) is 38.0. The summed E-state index contributed by atoms with van der Waals surface area (Å²) in [6.07, 6.45) is 22.9. The van der Waals surface area contributed by atoms with Gasteiger partial charge in [-0.15, -0.1) is 0 Å². The van der Waals surface area contributed by atoms with Gasteiger partial charge in [0, 0.05) is 56.7 Å². The molecule has 0 amide bonds. The van der Waals surface area contributed by atoms with Gasteiger partial charge in [0.25, 0.3) is 0 Å². The molecule has 5 aromatic carbocycles. The van der Waals surface area contributed by atoms with E-state index < -0.39 is 5.66 Å². The van der Waals surface area contributed by atoms with Gasteiger partial charge in [0.15, 0.2) is 5.84 Å². The van der Waals surface area contributed by atoms with Crippen molar-refractivity contribution in [3.63, 3.8) is 0 Å². The fraction of sp³-hybridized carbons (Fsp3) is 0.362. The lowest BCUT2D eigenvalue weighted by atomic mass is 9.69. The minimum absolute atomic E-state index is 0.000250. The Balaban J connectivity index is 1.11. The summed E-state index contributed by atoms with van der Waals surface area (Å²) in [5.74, 6) is 2.70. The molecule has 5 heteroatoms. The smallest absolute Gasteiger partial charge is 0.158 e. The maximum Gasteiger partial charge on any atom is 0.158 e. The lowest BCUT2D eigenvalue weighted by Crippen LogP contribution is -2.54. The van der Waals surface area contributed by atoms with E-state index in [1.807, 2.05) is 0 Å². The van der Waals surface area contributed by atoms with E-state index in [1.54, 1.807) is 0 Å². The standard InChI is InChI=1S/C69H77N5/c1-43-20-18-19-23-57(43)69(14)71-63(45-21-16-15-17-22-45)70-64(72-69)46-26-24-44(25-27-46)52-42-51(73-59-33-28-47(65(2,3)4)38-53(59)54-39-48(66(5,6)7)29-34-60(54)73)32-37-58(52)74-61-35-30-49(67(8,9)10)40-55(61)56-41-50(68(11,12)13)31-36-62(56)74/h15-21,23-28,30-38,40-42,45,48,54,57H,1,22,29,39H2,2-14H3,(H,70,71,72). The van der Waals surface area contributed by atoms with Gasteiger partial charge >= 0.3 is 0 Å². The van der Waals surface area contributed by atoms with Crippen LogP contribution in [0.15, 0.2) is 180 Å². The lowest BCUT2D eigenvalue weighted by molar-refractivity contribution is 0.212. The van der Waals surface area contributed by atoms with Crippen molar-refractivity contribution in [1.29, 1.82) is 0 Å². The number of fused-ring (bicyclic) bond motifs is 6. The zero-order valence-electron chi connectivity index (χ0n) is 46.4. The van der Waals surface area contributed by atoms with Crippen LogP contribution in [-0.2, 0) is 16.2 Å². The van der Waals surface area contributed by atoms with Crippen LogP contribution in [0, 0.1) is 23.2 Å². The summed E-state index contributed by atoms with van der Waals surface area (Å²) < 4.78 is 2.53. The molecular formula is C69H77N5. The van der Waals surface area contributed by atoms with Gasteiger partial charge < -0.3 is 14.8 Å². The van der Waals surface area contributed by atoms with Crippen LogP contribution in [0.25, 0.3) is 38.6 Å². The van der Waals surface area contributed by atoms with Gasteiger partial charge in [-0.3, -0.25) is 0 Å². The topological polar surface area (TPSA) is 44.9 Å². The zero-order valence-corrected chi connectivity index (χ0v) is 46.4. The maximum absolute atomic E-state index is 5.46. The third-order valence-electron chi connectivity index (χ3n) is 16.9. The first-order valence-corrected chi connectivity index (χ1v) is 27.3. The van der Waals surface area contributed by atoms with E-state index in [0.717, 1.165) is 53.3 Å². The minimum atomic E-state index is -0.672. The highest BCUT2D eigenvalue weighted by Crippen LogP contribution is 2.56. The van der Waals surface area contributed by atoms with E-state index in [4.69, 9.17) is 9.98 Å². The lowest BCUT2D eigenvalue weighted by Gasteiger charge is -2.40. The summed E-state index contributed by atoms with van der Waals surface area (Å²) in [5, 5.41) is 6.38. The van der Waals surface area contributed by atoms with E-state index in [9.17, 15) is 0 Å². The van der Waals surface area contributed by atoms with Crippen LogP contribution < -0.4 is 10.2 Å². The number of aliphatic imine (C=N–C) groups is 2. The Hall–Kier alpha value is -6.72. The van der Waals surface area contributed by atoms with Crippen molar-refractivity contribution in [3.05, 3.63) is 197 Å². The molecule has 3 heterocycles. The molecule has 0 fully saturated rings. The monoisotopic (exact) mass is 976 g/mol. The number of benzene rings is 5. The Morgan fingerprint density at radius 2 is 1.24 bits per heavy atom. The third-order valence-corrected chi connectivity index (χ3v) is 16.9. The molecule has 5 nitrogen and oxygen atoms in total. The number of hydrogen-bond donors (Lipinski definition) is 1. The van der Waals surface area contributed by atoms with E-state index in [0.29, 0.717) is 11.8 Å². The number of amidine groups is 2. The van der Waals surface area contributed by atoms with E-state index >= 15 is 0 Å². The zero-order chi connectivity index (χ0) is 52.3. The Bertz CT molecular complexity index is 3410. The van der Waals surface area contributed by atoms with Crippen LogP contribution in [0.2, 0.25) is 0 Å². The van der Waals surface area contributed by atoms with Crippen molar-refractivity contribution in [1.82, 2.24) is 9.88 Å². The van der Waals surface area contributed by atoms with Crippen molar-refractivity contribution in [3.8, 4) is 16.8 Å². The number of allylic oxidation sites excluding steroid dienone is 8. The first kappa shape index (κ1) is 49.5. The molecule has 1 aromatic heterocycles. The average Bonchev–Trinajstić information content (AvgIpc) is 3.87. The molecule has 0 saturated heterocycles. The Kier molecular flexibility index (Phi) is 11.8. The van der Waals surface area contributed by atoms with E-state index in [-0.39, 0.29) is 33.5 Å². The Morgan fingerprint density at radius 1 is 0.635 bits per heavy atom. The molecule has 0 bridgehead atoms. The highest BCUT2D eigenvalue weighted by atomic mass is 15.3. The highest BCUT2D eigenvalue weighted by molar-refractivity contribution is 6.11. The van der Waals surface area contributed by atoms with Gasteiger partial charge in [-0.05, 0) is 136 Å². The molecule has 0 radical (unpaired) electrons. The first-order chi connectivity index (χ1) is 35.0. The fourth-order valence-electron chi connectivity index (χ4n) is 12.2. The summed E-state index contributed by atoms with van der Waals surface area (Å²) in [6.45, 7) is 34.8. The number of nitrogens with one attached hydrogen (secondary N) is 1.